The number of hydrogen-bond donors (Lipinski definition) is 7. The van der Waals surface area contributed by atoms with Gasteiger partial charge in [-0.3, -0.25) is 43.5 Å². The van der Waals surface area contributed by atoms with E-state index in [-0.39, 0.29) is 50.5 Å². The summed E-state index contributed by atoms with van der Waals surface area (Å²) in [7, 11) is -19.7. The van der Waals surface area contributed by atoms with Crippen LogP contribution in [0, 0.1) is 10.1 Å². The Bertz CT molecular complexity index is 3260. The second-order valence-corrected chi connectivity index (χ2v) is 17.6. The van der Waals surface area contributed by atoms with E-state index in [4.69, 9.17) is 11.6 Å². The Kier molecular flexibility index (Phi) is 12.7. The molecule has 1 aliphatic rings. The summed E-state index contributed by atoms with van der Waals surface area (Å²) in [5.74, 6) is -0.691. The molecule has 1 aromatic heterocycles. The molecule has 314 valence electrons. The van der Waals surface area contributed by atoms with Crippen molar-refractivity contribution in [3.63, 3.8) is 0 Å². The third-order valence-corrected chi connectivity index (χ3v) is 11.1. The maximum absolute atomic E-state index is 12.3. The molecule has 3 aromatic carbocycles. The van der Waals surface area contributed by atoms with Crippen LogP contribution in [0.5, 0.6) is 0 Å². The number of nitro benzene ring substituents is 1. The average molecular weight is 926 g/mol. The number of nitrogens with zero attached hydrogens (tertiary/aromatic N) is 6. The van der Waals surface area contributed by atoms with Crippen molar-refractivity contribution in [2.24, 2.45) is 20.1 Å². The van der Waals surface area contributed by atoms with E-state index in [1.807, 2.05) is 0 Å². The van der Waals surface area contributed by atoms with Gasteiger partial charge in [0.15, 0.2) is 0 Å². The van der Waals surface area contributed by atoms with Gasteiger partial charge in [-0.05, 0) is 77.4 Å². The lowest BCUT2D eigenvalue weighted by molar-refractivity contribution is -0.385. The van der Waals surface area contributed by atoms with Gasteiger partial charge in [0, 0.05) is 19.1 Å². The summed E-state index contributed by atoms with van der Waals surface area (Å²) in [5.41, 5.74) is 0.0242. The van der Waals surface area contributed by atoms with Gasteiger partial charge in [-0.15, -0.1) is 0 Å². The lowest BCUT2D eigenvalue weighted by Gasteiger charge is -2.10. The third kappa shape index (κ3) is 11.4. The zero-order valence-corrected chi connectivity index (χ0v) is 33.6. The molecule has 0 fully saturated rings. The molecule has 29 heteroatoms. The van der Waals surface area contributed by atoms with Gasteiger partial charge in [-0.25, -0.2) is 15.0 Å². The average Bonchev–Trinajstić information content (AvgIpc) is 3.11. The minimum atomic E-state index is -4.97. The number of benzene rings is 3. The van der Waals surface area contributed by atoms with Gasteiger partial charge in [0.05, 0.1) is 32.6 Å². The van der Waals surface area contributed by atoms with Crippen LogP contribution in [0.1, 0.15) is 18.1 Å². The molecule has 1 amide bonds. The summed E-state index contributed by atoms with van der Waals surface area (Å²) in [6.45, 7) is 1.12. The SMILES string of the molecule is CC(=O)N=C1C=C(N=c2nc(Cl)[nH]c(=Nc3cc(S(=O)(=O)O)ccc3S(=O)(=O)O)[nH]2)C=CC1=NNc1ccc(/C=C/c2ccc([N+](=O)[O-])cc2S(=O)(=O)O)c(S(=O)(=O)O)c1. The molecule has 7 N–H and O–H groups in total. The molecule has 1 heterocycles. The number of anilines is 1. The van der Waals surface area contributed by atoms with E-state index in [1.54, 1.807) is 0 Å². The fraction of sp³-hybridized carbons (Fsp3) is 0.0323. The fourth-order valence-corrected chi connectivity index (χ4v) is 7.59. The second-order valence-electron chi connectivity index (χ2n) is 11.7. The monoisotopic (exact) mass is 925 g/mol. The van der Waals surface area contributed by atoms with Crippen LogP contribution in [0.4, 0.5) is 17.1 Å². The van der Waals surface area contributed by atoms with E-state index >= 15 is 0 Å². The largest absolute Gasteiger partial charge is 0.300 e. The number of H-pyrrole nitrogens is 2. The van der Waals surface area contributed by atoms with Crippen LogP contribution in [0.15, 0.2) is 118 Å². The normalized spacial score (nSPS) is 15.8. The number of nitrogens with one attached hydrogen (secondary N) is 3. The first kappa shape index (κ1) is 44.7. The molecule has 0 saturated carbocycles. The smallest absolute Gasteiger partial charge is 0.296 e. The number of carbonyl (C=O) groups is 1. The number of carbonyl (C=O) groups excluding carboxylic acids is 1. The highest BCUT2D eigenvalue weighted by Gasteiger charge is 2.22. The Morgan fingerprint density at radius 1 is 0.783 bits per heavy atom. The van der Waals surface area contributed by atoms with Crippen LogP contribution in [-0.2, 0) is 45.3 Å². The Balaban J connectivity index is 1.48. The number of hydrazone groups is 1. The van der Waals surface area contributed by atoms with E-state index in [0.29, 0.717) is 24.3 Å². The second kappa shape index (κ2) is 17.1. The first-order valence-corrected chi connectivity index (χ1v) is 21.8. The maximum Gasteiger partial charge on any atom is 0.296 e. The topological polar surface area (TPSA) is 384 Å². The van der Waals surface area contributed by atoms with Crippen molar-refractivity contribution in [1.82, 2.24) is 15.0 Å². The first-order chi connectivity index (χ1) is 27.8. The molecule has 0 bridgehead atoms. The minimum Gasteiger partial charge on any atom is -0.300 e. The van der Waals surface area contributed by atoms with Gasteiger partial charge in [-0.1, -0.05) is 18.2 Å². The Morgan fingerprint density at radius 3 is 1.98 bits per heavy atom. The molecule has 4 aromatic rings. The van der Waals surface area contributed by atoms with Crippen molar-refractivity contribution in [3.8, 4) is 0 Å². The minimum absolute atomic E-state index is 0.0130. The van der Waals surface area contributed by atoms with Gasteiger partial charge >= 0.3 is 0 Å². The highest BCUT2D eigenvalue weighted by atomic mass is 35.5. The standard InChI is InChI=1S/C31H24ClN9O15S4/c1-16(42)33-24-12-19(34-30-36-29(32)37-31(38-30)35-25-15-22(57(45,46)47)9-11-26(25)58(48,49)50)7-10-23(24)40-39-20-6-4-17(27(13-20)59(51,52)53)2-3-18-5-8-21(41(43)44)14-28(18)60(54,55)56/h2-15,39H,1H3,(H,45,46,47)(H,48,49,50)(H,51,52,53)(H,54,55,56)(H2,34,35,36,37,38)/b3-2+,33-24?,40-23?. The van der Waals surface area contributed by atoms with Crippen molar-refractivity contribution < 1.29 is 61.6 Å². The van der Waals surface area contributed by atoms with E-state index in [2.05, 4.69) is 40.5 Å². The van der Waals surface area contributed by atoms with Gasteiger partial charge < -0.3 is 4.98 Å². The van der Waals surface area contributed by atoms with Crippen LogP contribution < -0.4 is 16.7 Å². The highest BCUT2D eigenvalue weighted by molar-refractivity contribution is 7.86. The lowest BCUT2D eigenvalue weighted by Crippen LogP contribution is -2.27. The Labute approximate surface area is 342 Å². The van der Waals surface area contributed by atoms with Crippen molar-refractivity contribution in [1.29, 1.82) is 0 Å². The van der Waals surface area contributed by atoms with Gasteiger partial charge in [0.2, 0.25) is 22.4 Å². The maximum atomic E-state index is 12.3. The lowest BCUT2D eigenvalue weighted by atomic mass is 10.1. The summed E-state index contributed by atoms with van der Waals surface area (Å²) in [6.07, 6.45) is 6.00. The van der Waals surface area contributed by atoms with E-state index < -0.39 is 82.3 Å². The van der Waals surface area contributed by atoms with Crippen LogP contribution in [-0.4, -0.2) is 89.1 Å². The molecule has 0 atom stereocenters. The molecule has 1 aliphatic carbocycles. The number of allylic oxidation sites excluding steroid dienone is 3. The van der Waals surface area contributed by atoms with Crippen molar-refractivity contribution >= 4 is 98.6 Å². The molecule has 0 spiro atoms. The predicted octanol–water partition coefficient (Wildman–Crippen LogP) is 2.50. The predicted molar refractivity (Wildman–Crippen MR) is 209 cm³/mol. The molecule has 0 aliphatic heterocycles. The number of rotatable bonds is 11. The third-order valence-electron chi connectivity index (χ3n) is 7.39. The Hall–Kier alpha value is -6.37. The first-order valence-electron chi connectivity index (χ1n) is 15.7. The summed E-state index contributed by atoms with van der Waals surface area (Å²) >= 11 is 6.07. The zero-order chi connectivity index (χ0) is 44.4. The van der Waals surface area contributed by atoms with E-state index in [1.165, 1.54) is 30.4 Å². The summed E-state index contributed by atoms with van der Waals surface area (Å²) < 4.78 is 134. The number of aromatic amines is 2. The Morgan fingerprint density at radius 2 is 1.40 bits per heavy atom. The number of amides is 1. The van der Waals surface area contributed by atoms with Gasteiger partial charge in [0.25, 0.3) is 46.2 Å². The number of aliphatic imine (C=N–C) groups is 1. The molecule has 60 heavy (non-hydrogen) atoms. The highest BCUT2D eigenvalue weighted by Crippen LogP contribution is 2.28. The van der Waals surface area contributed by atoms with Gasteiger partial charge in [0.1, 0.15) is 20.4 Å². The van der Waals surface area contributed by atoms with Crippen molar-refractivity contribution in [2.75, 3.05) is 5.43 Å². The molecular formula is C31H24ClN9O15S4. The van der Waals surface area contributed by atoms with E-state index in [9.17, 15) is 66.8 Å². The molecule has 0 unspecified atom stereocenters. The molecular weight excluding hydrogens is 902 g/mol. The van der Waals surface area contributed by atoms with Crippen LogP contribution in [0.25, 0.3) is 12.2 Å². The van der Waals surface area contributed by atoms with Crippen LogP contribution >= 0.6 is 11.6 Å². The summed E-state index contributed by atoms with van der Waals surface area (Å²) in [6, 6.07) is 8.03. The molecule has 0 radical (unpaired) electrons. The number of non-ortho nitro benzene ring substituents is 1. The summed E-state index contributed by atoms with van der Waals surface area (Å²) in [5, 5.41) is 14.9. The van der Waals surface area contributed by atoms with Crippen molar-refractivity contribution in [2.45, 2.75) is 26.5 Å². The number of nitro groups is 1. The number of halogens is 1. The summed E-state index contributed by atoms with van der Waals surface area (Å²) in [4.78, 5) is 40.1. The van der Waals surface area contributed by atoms with Crippen LogP contribution in [0.3, 0.4) is 0 Å². The molecule has 24 nitrogen and oxygen atoms in total. The number of aromatic nitrogens is 3. The molecule has 5 rings (SSSR count). The van der Waals surface area contributed by atoms with Gasteiger partial charge in [-0.2, -0.15) is 43.8 Å². The zero-order valence-electron chi connectivity index (χ0n) is 29.6. The number of hydrogen-bond acceptors (Lipinski definition) is 16. The molecule has 0 saturated heterocycles. The van der Waals surface area contributed by atoms with Crippen molar-refractivity contribution in [3.05, 3.63) is 116 Å². The van der Waals surface area contributed by atoms with Crippen LogP contribution in [0.2, 0.25) is 5.28 Å². The quantitative estimate of drug-likeness (QED) is 0.0373. The fourth-order valence-electron chi connectivity index (χ4n) is 4.90. The van der Waals surface area contributed by atoms with E-state index in [0.717, 1.165) is 37.3 Å².